The van der Waals surface area contributed by atoms with Gasteiger partial charge in [-0.2, -0.15) is 0 Å². The lowest BCUT2D eigenvalue weighted by atomic mass is 9.81. The van der Waals surface area contributed by atoms with E-state index in [1.54, 1.807) is 0 Å². The number of hydrogen-bond donors (Lipinski definition) is 0. The van der Waals surface area contributed by atoms with E-state index in [0.29, 0.717) is 70.9 Å². The largest absolute Gasteiger partial charge is 0.372 e. The van der Waals surface area contributed by atoms with Crippen molar-refractivity contribution < 1.29 is 52.1 Å². The van der Waals surface area contributed by atoms with Crippen LogP contribution < -0.4 is 0 Å². The lowest BCUT2D eigenvalue weighted by Gasteiger charge is -2.36. The van der Waals surface area contributed by atoms with Crippen molar-refractivity contribution in [3.63, 3.8) is 0 Å². The molecule has 8 saturated heterocycles. The Morgan fingerprint density at radius 2 is 0.857 bits per heavy atom. The van der Waals surface area contributed by atoms with E-state index in [4.69, 9.17) is 52.1 Å². The summed E-state index contributed by atoms with van der Waals surface area (Å²) in [4.78, 5) is 0. The molecule has 0 aromatic heterocycles. The molecule has 49 heavy (non-hydrogen) atoms. The highest BCUT2D eigenvalue weighted by Gasteiger charge is 2.47. The molecule has 0 radical (unpaired) electrons. The van der Waals surface area contributed by atoms with Crippen LogP contribution in [-0.2, 0) is 52.1 Å². The van der Waals surface area contributed by atoms with Gasteiger partial charge in [-0.3, -0.25) is 0 Å². The maximum atomic E-state index is 6.06. The van der Waals surface area contributed by atoms with Crippen molar-refractivity contribution >= 4 is 0 Å². The molecule has 1 spiro atoms. The molecule has 8 heterocycles. The molecule has 0 N–H and O–H groups in total. The summed E-state index contributed by atoms with van der Waals surface area (Å²) in [5.41, 5.74) is 2.43. The van der Waals surface area contributed by atoms with Crippen LogP contribution in [0.15, 0.2) is 60.7 Å². The Labute approximate surface area is 288 Å². The standard InChI is InChI=1S/2C11H12O3.C11H18O2.C5H8O3/c2*1-2-4-8(5-3-1)11-12-6-9-10(14-9)7-13-11;1-2-5-11(6-3-1)7-4-9-10(13-9)8-12-11;1-4-5(8-4)2-7-3-6-1/h2*1-5,9-11H,6-7H2;9-10H,1-8H2;4-5H,1-3H2. The van der Waals surface area contributed by atoms with Crippen LogP contribution in [0, 0.1) is 0 Å². The second-order valence-corrected chi connectivity index (χ2v) is 14.1. The quantitative estimate of drug-likeness (QED) is 0.398. The third kappa shape index (κ3) is 9.66. The molecule has 11 nitrogen and oxygen atoms in total. The molecule has 11 rings (SSSR count). The first-order chi connectivity index (χ1) is 24.2. The SMILES string of the molecule is C1CCC2(CC1)CCC1OC1CO2.C1OCC2OC2CO1.c1ccc(C2OCC3OC3CO2)cc1.c1ccc(C2OCC3OC3CO2)cc1. The summed E-state index contributed by atoms with van der Waals surface area (Å²) in [5.74, 6) is 0. The minimum atomic E-state index is -0.215. The number of benzene rings is 2. The van der Waals surface area contributed by atoms with Crippen molar-refractivity contribution in [2.45, 2.75) is 112 Å². The zero-order chi connectivity index (χ0) is 32.9. The van der Waals surface area contributed by atoms with E-state index >= 15 is 0 Å². The van der Waals surface area contributed by atoms with Crippen molar-refractivity contribution in [3.05, 3.63) is 71.8 Å². The number of rotatable bonds is 2. The summed E-state index contributed by atoms with van der Waals surface area (Å²) in [5, 5.41) is 0. The van der Waals surface area contributed by atoms with E-state index in [0.717, 1.165) is 17.7 Å². The molecule has 268 valence electrons. The van der Waals surface area contributed by atoms with Gasteiger partial charge in [-0.25, -0.2) is 0 Å². The monoisotopic (exact) mass is 682 g/mol. The minimum absolute atomic E-state index is 0.215. The summed E-state index contributed by atoms with van der Waals surface area (Å²) in [6, 6.07) is 20.0. The van der Waals surface area contributed by atoms with Crippen LogP contribution in [0.3, 0.4) is 0 Å². The van der Waals surface area contributed by atoms with Gasteiger partial charge in [0, 0.05) is 11.1 Å². The molecule has 0 amide bonds. The maximum absolute atomic E-state index is 6.06. The molecule has 2 aromatic carbocycles. The Bertz CT molecular complexity index is 1180. The topological polar surface area (TPSA) is 115 Å². The number of fused-ring (bicyclic) bond motifs is 4. The summed E-state index contributed by atoms with van der Waals surface area (Å²) in [6.45, 7) is 5.30. The Hall–Kier alpha value is -2.00. The van der Waals surface area contributed by atoms with E-state index in [9.17, 15) is 0 Å². The Kier molecular flexibility index (Phi) is 11.2. The first kappa shape index (κ1) is 34.1. The van der Waals surface area contributed by atoms with E-state index < -0.39 is 0 Å². The first-order valence-corrected chi connectivity index (χ1v) is 18.2. The third-order valence-electron chi connectivity index (χ3n) is 10.5. The third-order valence-corrected chi connectivity index (χ3v) is 10.5. The zero-order valence-corrected chi connectivity index (χ0v) is 28.1. The molecular weight excluding hydrogens is 632 g/mol. The van der Waals surface area contributed by atoms with Gasteiger partial charge in [-0.05, 0) is 25.7 Å². The lowest BCUT2D eigenvalue weighted by Crippen LogP contribution is -2.35. The molecule has 9 fully saturated rings. The van der Waals surface area contributed by atoms with Crippen LogP contribution in [0.25, 0.3) is 0 Å². The van der Waals surface area contributed by atoms with Crippen LogP contribution >= 0.6 is 0 Å². The summed E-state index contributed by atoms with van der Waals surface area (Å²) in [6.07, 6.45) is 11.6. The molecule has 8 aliphatic heterocycles. The molecule has 9 aliphatic rings. The molecule has 8 unspecified atom stereocenters. The Morgan fingerprint density at radius 3 is 1.35 bits per heavy atom. The van der Waals surface area contributed by atoms with Gasteiger partial charge in [-0.1, -0.05) is 79.9 Å². The van der Waals surface area contributed by atoms with Gasteiger partial charge in [0.1, 0.15) is 49.5 Å². The molecule has 2 aromatic rings. The van der Waals surface area contributed by atoms with Gasteiger partial charge in [0.15, 0.2) is 12.6 Å². The number of ether oxygens (including phenoxy) is 11. The van der Waals surface area contributed by atoms with Gasteiger partial charge in [0.2, 0.25) is 0 Å². The van der Waals surface area contributed by atoms with Crippen molar-refractivity contribution in [2.24, 2.45) is 0 Å². The number of hydrogen-bond acceptors (Lipinski definition) is 11. The fraction of sp³-hybridized carbons (Fsp3) is 0.684. The molecule has 1 saturated carbocycles. The molecule has 0 bridgehead atoms. The molecule has 8 atom stereocenters. The summed E-state index contributed by atoms with van der Waals surface area (Å²) < 4.78 is 59.6. The van der Waals surface area contributed by atoms with Crippen LogP contribution in [0.4, 0.5) is 0 Å². The minimum Gasteiger partial charge on any atom is -0.372 e. The van der Waals surface area contributed by atoms with Crippen LogP contribution in [0.1, 0.15) is 68.7 Å². The van der Waals surface area contributed by atoms with E-state index in [2.05, 4.69) is 0 Å². The van der Waals surface area contributed by atoms with E-state index in [1.807, 2.05) is 60.7 Å². The zero-order valence-electron chi connectivity index (χ0n) is 28.1. The van der Waals surface area contributed by atoms with Crippen LogP contribution in [0.2, 0.25) is 0 Å². The highest BCUT2D eigenvalue weighted by molar-refractivity contribution is 5.17. The molecule has 11 heteroatoms. The second kappa shape index (κ2) is 16.1. The smallest absolute Gasteiger partial charge is 0.184 e. The fourth-order valence-electron chi connectivity index (χ4n) is 7.14. The lowest BCUT2D eigenvalue weighted by molar-refractivity contribution is -0.147. The van der Waals surface area contributed by atoms with Crippen molar-refractivity contribution in [3.8, 4) is 0 Å². The average molecular weight is 683 g/mol. The van der Waals surface area contributed by atoms with Crippen LogP contribution in [-0.4, -0.2) is 107 Å². The van der Waals surface area contributed by atoms with E-state index in [-0.39, 0.29) is 42.6 Å². The van der Waals surface area contributed by atoms with Gasteiger partial charge in [0.05, 0.1) is 58.0 Å². The molecular formula is C38H50O11. The maximum Gasteiger partial charge on any atom is 0.184 e. The fourth-order valence-corrected chi connectivity index (χ4v) is 7.14. The van der Waals surface area contributed by atoms with Crippen molar-refractivity contribution in [1.82, 2.24) is 0 Å². The summed E-state index contributed by atoms with van der Waals surface area (Å²) >= 11 is 0. The Morgan fingerprint density at radius 1 is 0.429 bits per heavy atom. The predicted octanol–water partition coefficient (Wildman–Crippen LogP) is 5.02. The predicted molar refractivity (Wildman–Crippen MR) is 175 cm³/mol. The van der Waals surface area contributed by atoms with Crippen molar-refractivity contribution in [1.29, 1.82) is 0 Å². The van der Waals surface area contributed by atoms with Crippen LogP contribution in [0.5, 0.6) is 0 Å². The normalized spacial score (nSPS) is 39.1. The van der Waals surface area contributed by atoms with Gasteiger partial charge < -0.3 is 52.1 Å². The Balaban J connectivity index is 0.0000000965. The summed E-state index contributed by atoms with van der Waals surface area (Å²) in [7, 11) is 0. The average Bonchev–Trinajstić information content (AvgIpc) is 3.95. The first-order valence-electron chi connectivity index (χ1n) is 18.2. The second-order valence-electron chi connectivity index (χ2n) is 14.1. The van der Waals surface area contributed by atoms with Crippen molar-refractivity contribution in [2.75, 3.05) is 53.0 Å². The van der Waals surface area contributed by atoms with Gasteiger partial charge >= 0.3 is 0 Å². The number of epoxide rings is 4. The highest BCUT2D eigenvalue weighted by atomic mass is 16.7. The van der Waals surface area contributed by atoms with E-state index in [1.165, 1.54) is 44.9 Å². The van der Waals surface area contributed by atoms with Gasteiger partial charge in [-0.15, -0.1) is 0 Å². The van der Waals surface area contributed by atoms with Gasteiger partial charge in [0.25, 0.3) is 0 Å². The molecule has 1 aliphatic carbocycles. The highest BCUT2D eigenvalue weighted by Crippen LogP contribution is 2.42.